The Labute approximate surface area is 181 Å². The van der Waals surface area contributed by atoms with Gasteiger partial charge in [-0.25, -0.2) is 0 Å². The Balaban J connectivity index is 1.43. The minimum Gasteiger partial charge on any atom is -0.348 e. The molecular weight excluding hydrogens is 392 g/mol. The average molecular weight is 421 g/mol. The first kappa shape index (κ1) is 19.8. The van der Waals surface area contributed by atoms with Gasteiger partial charge in [0.25, 0.3) is 11.8 Å². The van der Waals surface area contributed by atoms with Crippen LogP contribution in [0.2, 0.25) is 0 Å². The summed E-state index contributed by atoms with van der Waals surface area (Å²) in [7, 11) is 0. The largest absolute Gasteiger partial charge is 0.348 e. The lowest BCUT2D eigenvalue weighted by Crippen LogP contribution is -2.55. The molecule has 2 aliphatic carbocycles. The number of aromatic nitrogens is 1. The van der Waals surface area contributed by atoms with E-state index in [2.05, 4.69) is 27.1 Å². The van der Waals surface area contributed by atoms with Gasteiger partial charge in [-0.15, -0.1) is 0 Å². The SMILES string of the molecule is C=CC(=O)NC1CCCCC1NC(=O)c1ccc2cc3n(c2c1)C1(CCC1)CNC3=O. The molecule has 7 nitrogen and oxygen atoms in total. The van der Waals surface area contributed by atoms with Crippen molar-refractivity contribution in [2.24, 2.45) is 0 Å². The minimum absolute atomic E-state index is 0.0530. The molecule has 1 aromatic heterocycles. The average Bonchev–Trinajstić information content (AvgIpc) is 3.14. The summed E-state index contributed by atoms with van der Waals surface area (Å²) in [6, 6.07) is 7.38. The van der Waals surface area contributed by atoms with E-state index in [1.54, 1.807) is 0 Å². The summed E-state index contributed by atoms with van der Waals surface area (Å²) in [6.07, 6.45) is 8.21. The quantitative estimate of drug-likeness (QED) is 0.664. The first-order valence-corrected chi connectivity index (χ1v) is 11.2. The standard InChI is InChI=1S/C24H28N4O3/c1-2-21(29)26-17-6-3-4-7-18(17)27-22(30)16-9-8-15-12-20-23(31)25-14-24(10-5-11-24)28(20)19(15)13-16/h2,8-9,12-13,17-18H,1,3-7,10-11,14H2,(H,25,31)(H,26,29)(H,27,30). The molecule has 2 aromatic rings. The molecule has 2 saturated carbocycles. The van der Waals surface area contributed by atoms with Gasteiger partial charge in [-0.3, -0.25) is 14.4 Å². The van der Waals surface area contributed by atoms with Gasteiger partial charge >= 0.3 is 0 Å². The highest BCUT2D eigenvalue weighted by atomic mass is 16.2. The van der Waals surface area contributed by atoms with E-state index in [1.807, 2.05) is 24.3 Å². The molecule has 2 heterocycles. The lowest BCUT2D eigenvalue weighted by molar-refractivity contribution is -0.117. The molecule has 3 amide bonds. The molecule has 1 aliphatic heterocycles. The fourth-order valence-electron chi connectivity index (χ4n) is 5.39. The van der Waals surface area contributed by atoms with Gasteiger partial charge < -0.3 is 20.5 Å². The molecule has 2 atom stereocenters. The number of hydrogen-bond acceptors (Lipinski definition) is 3. The zero-order valence-corrected chi connectivity index (χ0v) is 17.6. The molecule has 3 aliphatic rings. The molecule has 2 unspecified atom stereocenters. The monoisotopic (exact) mass is 420 g/mol. The first-order chi connectivity index (χ1) is 15.0. The Bertz CT molecular complexity index is 1080. The molecule has 2 fully saturated rings. The van der Waals surface area contributed by atoms with Crippen LogP contribution in [0.1, 0.15) is 65.8 Å². The van der Waals surface area contributed by atoms with E-state index in [1.165, 1.54) is 6.08 Å². The molecule has 162 valence electrons. The van der Waals surface area contributed by atoms with Crippen molar-refractivity contribution in [2.45, 2.75) is 62.6 Å². The van der Waals surface area contributed by atoms with E-state index in [0.29, 0.717) is 17.8 Å². The van der Waals surface area contributed by atoms with Gasteiger partial charge in [0.05, 0.1) is 11.1 Å². The van der Waals surface area contributed by atoms with Crippen molar-refractivity contribution < 1.29 is 14.4 Å². The Morgan fingerprint density at radius 2 is 1.84 bits per heavy atom. The molecule has 0 bridgehead atoms. The molecule has 0 radical (unpaired) electrons. The third kappa shape index (κ3) is 3.32. The van der Waals surface area contributed by atoms with Crippen molar-refractivity contribution in [2.75, 3.05) is 6.54 Å². The van der Waals surface area contributed by atoms with Crippen molar-refractivity contribution in [3.05, 3.63) is 48.2 Å². The van der Waals surface area contributed by atoms with Crippen LogP contribution in [-0.2, 0) is 10.3 Å². The van der Waals surface area contributed by atoms with E-state index in [9.17, 15) is 14.4 Å². The van der Waals surface area contributed by atoms with Crippen LogP contribution in [0, 0.1) is 0 Å². The van der Waals surface area contributed by atoms with Crippen LogP contribution < -0.4 is 16.0 Å². The van der Waals surface area contributed by atoms with Crippen LogP contribution in [0.25, 0.3) is 10.9 Å². The van der Waals surface area contributed by atoms with Crippen molar-refractivity contribution in [1.82, 2.24) is 20.5 Å². The second-order valence-electron chi connectivity index (χ2n) is 9.08. The van der Waals surface area contributed by atoms with Crippen LogP contribution in [0.3, 0.4) is 0 Å². The van der Waals surface area contributed by atoms with Gasteiger partial charge in [0, 0.05) is 29.6 Å². The Kier molecular flexibility index (Phi) is 4.84. The summed E-state index contributed by atoms with van der Waals surface area (Å²) in [6.45, 7) is 4.16. The van der Waals surface area contributed by atoms with E-state index in [0.717, 1.165) is 55.8 Å². The number of nitrogens with zero attached hydrogens (tertiary/aromatic N) is 1. The highest BCUT2D eigenvalue weighted by Gasteiger charge is 2.44. The Hall–Kier alpha value is -3.09. The first-order valence-electron chi connectivity index (χ1n) is 11.2. The van der Waals surface area contributed by atoms with Crippen LogP contribution in [0.15, 0.2) is 36.9 Å². The number of nitrogens with one attached hydrogen (secondary N) is 3. The van der Waals surface area contributed by atoms with Crippen LogP contribution in [0.4, 0.5) is 0 Å². The zero-order chi connectivity index (χ0) is 21.6. The predicted octanol–water partition coefficient (Wildman–Crippen LogP) is 2.61. The fourth-order valence-corrected chi connectivity index (χ4v) is 5.39. The van der Waals surface area contributed by atoms with Crippen molar-refractivity contribution in [1.29, 1.82) is 0 Å². The molecule has 1 aromatic carbocycles. The Morgan fingerprint density at radius 3 is 2.52 bits per heavy atom. The summed E-state index contributed by atoms with van der Waals surface area (Å²) in [4.78, 5) is 37.4. The normalized spacial score (nSPS) is 24.1. The maximum absolute atomic E-state index is 13.1. The second-order valence-corrected chi connectivity index (χ2v) is 9.08. The van der Waals surface area contributed by atoms with Crippen LogP contribution in [0.5, 0.6) is 0 Å². The third-order valence-corrected chi connectivity index (χ3v) is 7.23. The van der Waals surface area contributed by atoms with E-state index in [4.69, 9.17) is 0 Å². The van der Waals surface area contributed by atoms with E-state index in [-0.39, 0.29) is 35.3 Å². The molecule has 31 heavy (non-hydrogen) atoms. The minimum atomic E-state index is -0.212. The summed E-state index contributed by atoms with van der Waals surface area (Å²) in [5, 5.41) is 10.1. The summed E-state index contributed by atoms with van der Waals surface area (Å²) in [5.41, 5.74) is 2.13. The van der Waals surface area contributed by atoms with Gasteiger partial charge in [0.1, 0.15) is 5.69 Å². The lowest BCUT2D eigenvalue weighted by atomic mass is 9.75. The highest BCUT2D eigenvalue weighted by Crippen LogP contribution is 2.44. The number of carbonyl (C=O) groups excluding carboxylic acids is 3. The molecule has 0 saturated heterocycles. The zero-order valence-electron chi connectivity index (χ0n) is 17.6. The van der Waals surface area contributed by atoms with Gasteiger partial charge in [0.15, 0.2) is 0 Å². The molecular formula is C24H28N4O3. The number of hydrogen-bond donors (Lipinski definition) is 3. The smallest absolute Gasteiger partial charge is 0.268 e. The lowest BCUT2D eigenvalue weighted by Gasteiger charge is -2.47. The summed E-state index contributed by atoms with van der Waals surface area (Å²) in [5.74, 6) is -0.413. The number of rotatable bonds is 4. The van der Waals surface area contributed by atoms with Crippen LogP contribution >= 0.6 is 0 Å². The number of benzene rings is 1. The highest BCUT2D eigenvalue weighted by molar-refractivity contribution is 6.03. The van der Waals surface area contributed by atoms with Gasteiger partial charge in [-0.1, -0.05) is 25.5 Å². The predicted molar refractivity (Wildman–Crippen MR) is 118 cm³/mol. The van der Waals surface area contributed by atoms with Crippen LogP contribution in [-0.4, -0.2) is 40.9 Å². The molecule has 1 spiro atoms. The van der Waals surface area contributed by atoms with Crippen molar-refractivity contribution in [3.8, 4) is 0 Å². The molecule has 7 heteroatoms. The Morgan fingerprint density at radius 1 is 1.10 bits per heavy atom. The molecule has 3 N–H and O–H groups in total. The van der Waals surface area contributed by atoms with Gasteiger partial charge in [0.2, 0.25) is 5.91 Å². The molecule has 5 rings (SSSR count). The van der Waals surface area contributed by atoms with Gasteiger partial charge in [-0.05, 0) is 56.4 Å². The number of carbonyl (C=O) groups is 3. The second kappa shape index (κ2) is 7.55. The fraction of sp³-hybridized carbons (Fsp3) is 0.458. The number of fused-ring (bicyclic) bond motifs is 4. The summed E-state index contributed by atoms with van der Waals surface area (Å²) >= 11 is 0. The topological polar surface area (TPSA) is 92.2 Å². The number of amides is 3. The third-order valence-electron chi connectivity index (χ3n) is 7.23. The summed E-state index contributed by atoms with van der Waals surface area (Å²) < 4.78 is 2.16. The maximum Gasteiger partial charge on any atom is 0.268 e. The van der Waals surface area contributed by atoms with Crippen molar-refractivity contribution in [3.63, 3.8) is 0 Å². The maximum atomic E-state index is 13.1. The van der Waals surface area contributed by atoms with E-state index < -0.39 is 0 Å². The van der Waals surface area contributed by atoms with Gasteiger partial charge in [-0.2, -0.15) is 0 Å². The van der Waals surface area contributed by atoms with Crippen molar-refractivity contribution >= 4 is 28.6 Å². The van der Waals surface area contributed by atoms with E-state index >= 15 is 0 Å².